The zero-order valence-corrected chi connectivity index (χ0v) is 8.02. The van der Waals surface area contributed by atoms with Gasteiger partial charge in [0, 0.05) is 0 Å². The highest BCUT2D eigenvalue weighted by molar-refractivity contribution is 6.24. The van der Waals surface area contributed by atoms with E-state index in [0.29, 0.717) is 0 Å². The van der Waals surface area contributed by atoms with E-state index in [0.717, 1.165) is 0 Å². The molecule has 1 aromatic carbocycles. The highest BCUT2D eigenvalue weighted by Crippen LogP contribution is 2.39. The van der Waals surface area contributed by atoms with E-state index in [1.807, 2.05) is 0 Å². The van der Waals surface area contributed by atoms with E-state index in [2.05, 4.69) is 38.1 Å². The molecule has 1 heteroatoms. The first-order valence-electron chi connectivity index (χ1n) is 4.12. The van der Waals surface area contributed by atoms with Crippen LogP contribution in [0.2, 0.25) is 0 Å². The van der Waals surface area contributed by atoms with E-state index in [-0.39, 0.29) is 5.38 Å². The molecule has 0 N–H and O–H groups in total. The maximum Gasteiger partial charge on any atom is 0.0801 e. The third-order valence-electron chi connectivity index (χ3n) is 2.40. The maximum atomic E-state index is 6.20. The van der Waals surface area contributed by atoms with Gasteiger partial charge in [0.25, 0.3) is 0 Å². The van der Waals surface area contributed by atoms with Crippen molar-refractivity contribution in [3.05, 3.63) is 40.5 Å². The first kappa shape index (κ1) is 7.88. The van der Waals surface area contributed by atoms with Gasteiger partial charge < -0.3 is 0 Å². The number of benzene rings is 1. The summed E-state index contributed by atoms with van der Waals surface area (Å²) >= 11 is 6.20. The molecule has 0 aliphatic heterocycles. The number of rotatable bonds is 0. The molecular formula is C11H11Cl. The van der Waals surface area contributed by atoms with E-state index in [9.17, 15) is 0 Å². The largest absolute Gasteiger partial charge is 0.113 e. The topological polar surface area (TPSA) is 0 Å². The molecule has 12 heavy (non-hydrogen) atoms. The van der Waals surface area contributed by atoms with Crippen molar-refractivity contribution in [2.24, 2.45) is 0 Å². The first-order valence-corrected chi connectivity index (χ1v) is 4.55. The minimum Gasteiger partial charge on any atom is -0.113 e. The van der Waals surface area contributed by atoms with Gasteiger partial charge in [-0.3, -0.25) is 0 Å². The van der Waals surface area contributed by atoms with E-state index in [4.69, 9.17) is 11.6 Å². The first-order chi connectivity index (χ1) is 5.70. The van der Waals surface area contributed by atoms with Gasteiger partial charge in [-0.1, -0.05) is 29.8 Å². The molecule has 62 valence electrons. The Balaban J connectivity index is 2.64. The predicted molar refractivity (Wildman–Crippen MR) is 53.4 cm³/mol. The van der Waals surface area contributed by atoms with Crippen molar-refractivity contribution >= 4 is 17.7 Å². The van der Waals surface area contributed by atoms with Crippen LogP contribution in [0.4, 0.5) is 0 Å². The van der Waals surface area contributed by atoms with Crippen molar-refractivity contribution in [1.82, 2.24) is 0 Å². The summed E-state index contributed by atoms with van der Waals surface area (Å²) in [6, 6.07) is 6.29. The van der Waals surface area contributed by atoms with Gasteiger partial charge >= 0.3 is 0 Å². The fourth-order valence-corrected chi connectivity index (χ4v) is 1.92. The van der Waals surface area contributed by atoms with E-state index in [1.54, 1.807) is 0 Å². The van der Waals surface area contributed by atoms with Crippen LogP contribution < -0.4 is 0 Å². The van der Waals surface area contributed by atoms with Crippen LogP contribution in [0.15, 0.2) is 23.8 Å². The Labute approximate surface area is 77.9 Å². The minimum atomic E-state index is 0.0971. The molecule has 0 saturated carbocycles. The SMILES string of the molecule is CC1=Cc2c(C)cccc2C1Cl. The number of alkyl halides is 1. The zero-order chi connectivity index (χ0) is 8.72. The summed E-state index contributed by atoms with van der Waals surface area (Å²) in [7, 11) is 0. The predicted octanol–water partition coefficient (Wildman–Crippen LogP) is 3.69. The second-order valence-corrected chi connectivity index (χ2v) is 3.77. The summed E-state index contributed by atoms with van der Waals surface area (Å²) in [6.07, 6.45) is 2.18. The summed E-state index contributed by atoms with van der Waals surface area (Å²) in [4.78, 5) is 0. The van der Waals surface area contributed by atoms with Crippen LogP contribution in [0, 0.1) is 6.92 Å². The monoisotopic (exact) mass is 178 g/mol. The normalized spacial score (nSPS) is 20.6. The van der Waals surface area contributed by atoms with Gasteiger partial charge in [-0.05, 0) is 30.5 Å². The quantitative estimate of drug-likeness (QED) is 0.532. The number of fused-ring (bicyclic) bond motifs is 1. The molecule has 0 amide bonds. The van der Waals surface area contributed by atoms with Gasteiger partial charge in [0.05, 0.1) is 5.38 Å². The molecule has 0 heterocycles. The number of allylic oxidation sites excluding steroid dienone is 1. The molecule has 1 aromatic rings. The Hall–Kier alpha value is -0.750. The molecule has 0 radical (unpaired) electrons. The molecule has 0 nitrogen and oxygen atoms in total. The van der Waals surface area contributed by atoms with Crippen molar-refractivity contribution in [2.45, 2.75) is 19.2 Å². The Kier molecular flexibility index (Phi) is 1.73. The summed E-state index contributed by atoms with van der Waals surface area (Å²) in [5.74, 6) is 0. The van der Waals surface area contributed by atoms with Crippen molar-refractivity contribution in [3.8, 4) is 0 Å². The molecule has 0 saturated heterocycles. The average molecular weight is 179 g/mol. The van der Waals surface area contributed by atoms with Crippen LogP contribution in [0.25, 0.3) is 6.08 Å². The van der Waals surface area contributed by atoms with Crippen molar-refractivity contribution in [2.75, 3.05) is 0 Å². The third kappa shape index (κ3) is 0.987. The smallest absolute Gasteiger partial charge is 0.0801 e. The molecule has 1 aliphatic carbocycles. The highest BCUT2D eigenvalue weighted by Gasteiger charge is 2.20. The highest BCUT2D eigenvalue weighted by atomic mass is 35.5. The molecule has 0 bridgehead atoms. The molecular weight excluding hydrogens is 168 g/mol. The molecule has 0 aromatic heterocycles. The van der Waals surface area contributed by atoms with Crippen LogP contribution in [0.5, 0.6) is 0 Å². The standard InChI is InChI=1S/C11H11Cl/c1-7-4-3-5-9-10(7)6-8(2)11(9)12/h3-6,11H,1-2H3. The number of halogens is 1. The lowest BCUT2D eigenvalue weighted by molar-refractivity contribution is 1.14. The molecule has 1 unspecified atom stereocenters. The van der Waals surface area contributed by atoms with Crippen LogP contribution in [0.1, 0.15) is 29.0 Å². The van der Waals surface area contributed by atoms with Gasteiger partial charge in [-0.2, -0.15) is 0 Å². The van der Waals surface area contributed by atoms with Gasteiger partial charge in [-0.15, -0.1) is 11.6 Å². The Morgan fingerprint density at radius 2 is 2.00 bits per heavy atom. The average Bonchev–Trinajstić information content (AvgIpc) is 2.32. The second kappa shape index (κ2) is 2.63. The lowest BCUT2D eigenvalue weighted by Gasteiger charge is -2.05. The maximum absolute atomic E-state index is 6.20. The number of aryl methyl sites for hydroxylation is 1. The van der Waals surface area contributed by atoms with E-state index >= 15 is 0 Å². The van der Waals surface area contributed by atoms with Crippen LogP contribution in [-0.4, -0.2) is 0 Å². The summed E-state index contributed by atoms with van der Waals surface area (Å²) in [5, 5.41) is 0.0971. The van der Waals surface area contributed by atoms with Crippen molar-refractivity contribution in [3.63, 3.8) is 0 Å². The van der Waals surface area contributed by atoms with Gasteiger partial charge in [0.2, 0.25) is 0 Å². The number of hydrogen-bond acceptors (Lipinski definition) is 0. The Morgan fingerprint density at radius 1 is 1.25 bits per heavy atom. The van der Waals surface area contributed by atoms with Crippen LogP contribution >= 0.6 is 11.6 Å². The molecule has 1 atom stereocenters. The summed E-state index contributed by atoms with van der Waals surface area (Å²) in [6.45, 7) is 4.20. The Morgan fingerprint density at radius 3 is 2.67 bits per heavy atom. The second-order valence-electron chi connectivity index (χ2n) is 3.33. The van der Waals surface area contributed by atoms with Crippen LogP contribution in [0.3, 0.4) is 0 Å². The van der Waals surface area contributed by atoms with E-state index in [1.165, 1.54) is 22.3 Å². The lowest BCUT2D eigenvalue weighted by atomic mass is 10.0. The summed E-state index contributed by atoms with van der Waals surface area (Å²) < 4.78 is 0. The van der Waals surface area contributed by atoms with Gasteiger partial charge in [0.1, 0.15) is 0 Å². The molecule has 0 fully saturated rings. The molecule has 0 spiro atoms. The van der Waals surface area contributed by atoms with Crippen LogP contribution in [-0.2, 0) is 0 Å². The summed E-state index contributed by atoms with van der Waals surface area (Å²) in [5.41, 5.74) is 5.14. The van der Waals surface area contributed by atoms with Crippen molar-refractivity contribution in [1.29, 1.82) is 0 Å². The Bertz CT molecular complexity index is 350. The fourth-order valence-electron chi connectivity index (χ4n) is 1.67. The number of hydrogen-bond donors (Lipinski definition) is 0. The van der Waals surface area contributed by atoms with Gasteiger partial charge in [-0.25, -0.2) is 0 Å². The fraction of sp³-hybridized carbons (Fsp3) is 0.273. The minimum absolute atomic E-state index is 0.0971. The third-order valence-corrected chi connectivity index (χ3v) is 2.98. The molecule has 1 aliphatic rings. The lowest BCUT2D eigenvalue weighted by Crippen LogP contribution is -1.88. The van der Waals surface area contributed by atoms with Gasteiger partial charge in [0.15, 0.2) is 0 Å². The zero-order valence-electron chi connectivity index (χ0n) is 7.26. The van der Waals surface area contributed by atoms with E-state index < -0.39 is 0 Å². The van der Waals surface area contributed by atoms with Crippen molar-refractivity contribution < 1.29 is 0 Å². The molecule has 2 rings (SSSR count).